The molecule has 200 valence electrons. The largest absolute Gasteiger partial charge is 0.457 e. The van der Waals surface area contributed by atoms with Crippen LogP contribution in [0.2, 0.25) is 0 Å². The first-order chi connectivity index (χ1) is 21.3. The molecule has 10 radical (unpaired) electrons. The average Bonchev–Trinajstić information content (AvgIpc) is 3.08. The van der Waals surface area contributed by atoms with Crippen LogP contribution in [0.4, 0.5) is 0 Å². The van der Waals surface area contributed by atoms with Crippen molar-refractivity contribution in [3.63, 3.8) is 0 Å². The van der Waals surface area contributed by atoms with Crippen molar-refractivity contribution in [2.24, 2.45) is 0 Å². The Kier molecular flexibility index (Phi) is 8.04. The highest BCUT2D eigenvalue weighted by Gasteiger charge is 2.36. The zero-order valence-electron chi connectivity index (χ0n) is 23.2. The first kappa shape index (κ1) is 27.9. The molecule has 1 aliphatic rings. The molecule has 0 amide bonds. The van der Waals surface area contributed by atoms with E-state index in [4.69, 9.17) is 8.23 Å². The van der Waals surface area contributed by atoms with Crippen LogP contribution in [0.5, 0.6) is 0 Å². The highest BCUT2D eigenvalue weighted by Crippen LogP contribution is 2.55. The van der Waals surface area contributed by atoms with Gasteiger partial charge in [-0.15, -0.1) is 0 Å². The molecule has 7 rings (SSSR count). The van der Waals surface area contributed by atoms with E-state index >= 15 is 0 Å². The molecule has 0 N–H and O–H groups in total. The van der Waals surface area contributed by atoms with Crippen LogP contribution in [-0.4, -0.2) is 40.5 Å². The first-order valence-corrected chi connectivity index (χ1v) is 16.8. The van der Waals surface area contributed by atoms with Gasteiger partial charge in [-0.2, -0.15) is 0 Å². The Morgan fingerprint density at radius 3 is 1.47 bits per heavy atom. The van der Waals surface area contributed by atoms with Gasteiger partial charge in [-0.1, -0.05) is 140 Å². The zero-order valence-corrected chi connectivity index (χ0v) is 27.2. The van der Waals surface area contributed by atoms with E-state index < -0.39 is 0 Å². The van der Waals surface area contributed by atoms with Crippen molar-refractivity contribution < 1.29 is 8.23 Å². The van der Waals surface area contributed by atoms with Crippen molar-refractivity contribution in [3.05, 3.63) is 161 Å². The van der Waals surface area contributed by atoms with Crippen molar-refractivity contribution in [2.45, 2.75) is 5.54 Å². The molecule has 0 bridgehead atoms. The number of hydrogen-bond acceptors (Lipinski definition) is 2. The fraction of sp³-hybridized carbons (Fsp3) is 0.0270. The van der Waals surface area contributed by atoms with E-state index in [1.54, 1.807) is 0 Å². The Morgan fingerprint density at radius 1 is 0.465 bits per heavy atom. The van der Waals surface area contributed by atoms with Gasteiger partial charge < -0.3 is 8.23 Å². The zero-order chi connectivity index (χ0) is 29.2. The molecular formula is C37H24O2Si4. The predicted octanol–water partition coefficient (Wildman–Crippen LogP) is 8.09. The number of allylic oxidation sites excluding steroid dienone is 1. The minimum Gasteiger partial charge on any atom is -0.457 e. The summed E-state index contributed by atoms with van der Waals surface area (Å²) >= 11 is 0. The van der Waals surface area contributed by atoms with E-state index in [1.807, 2.05) is 0 Å². The van der Waals surface area contributed by atoms with Gasteiger partial charge >= 0.3 is 0 Å². The summed E-state index contributed by atoms with van der Waals surface area (Å²) in [5.74, 6) is 0. The van der Waals surface area contributed by atoms with E-state index in [1.165, 1.54) is 66.0 Å². The second-order valence-corrected chi connectivity index (χ2v) is 13.6. The number of hydrogen-bond donors (Lipinski definition) is 0. The van der Waals surface area contributed by atoms with Crippen LogP contribution in [0.1, 0.15) is 22.2 Å². The topological polar surface area (TPSA) is 18.5 Å². The highest BCUT2D eigenvalue weighted by atomic mass is 28.3. The van der Waals surface area contributed by atoms with Gasteiger partial charge in [0.2, 0.25) is 30.7 Å². The second kappa shape index (κ2) is 12.4. The molecule has 6 aromatic rings. The third kappa shape index (κ3) is 4.96. The SMILES string of the molecule is [Si]O[Si]C1=C(c2ccccc2)c2c(-c3ccccc3)c(-c3ccccc3)c(-c3ccccc3)c3cccc(c23)C1[Si]O[Si]. The van der Waals surface area contributed by atoms with Gasteiger partial charge in [0.05, 0.1) is 0 Å². The summed E-state index contributed by atoms with van der Waals surface area (Å²) < 4.78 is 11.5. The van der Waals surface area contributed by atoms with Gasteiger partial charge in [0.15, 0.2) is 0 Å². The third-order valence-corrected chi connectivity index (χ3v) is 10.8. The molecule has 0 heterocycles. The fourth-order valence-corrected chi connectivity index (χ4v) is 8.97. The smallest absolute Gasteiger partial charge is 0.253 e. The minimum absolute atomic E-state index is 0.0217. The quantitative estimate of drug-likeness (QED) is 0.162. The Morgan fingerprint density at radius 2 is 0.953 bits per heavy atom. The lowest BCUT2D eigenvalue weighted by Gasteiger charge is -2.34. The maximum Gasteiger partial charge on any atom is 0.253 e. The lowest BCUT2D eigenvalue weighted by molar-refractivity contribution is 0.642. The van der Waals surface area contributed by atoms with E-state index in [9.17, 15) is 0 Å². The molecule has 0 saturated heterocycles. The Balaban J connectivity index is 1.78. The molecule has 1 aliphatic carbocycles. The lowest BCUT2D eigenvalue weighted by Crippen LogP contribution is -2.24. The van der Waals surface area contributed by atoms with Gasteiger partial charge in [-0.25, -0.2) is 0 Å². The number of rotatable bonds is 8. The summed E-state index contributed by atoms with van der Waals surface area (Å²) in [7, 11) is 7.02. The third-order valence-electron chi connectivity index (χ3n) is 8.07. The van der Waals surface area contributed by atoms with Gasteiger partial charge in [-0.05, 0) is 71.6 Å². The summed E-state index contributed by atoms with van der Waals surface area (Å²) in [5, 5.41) is 3.71. The van der Waals surface area contributed by atoms with Crippen LogP contribution in [-0.2, 0) is 8.23 Å². The van der Waals surface area contributed by atoms with Crippen molar-refractivity contribution >= 4 is 56.8 Å². The second-order valence-electron chi connectivity index (χ2n) is 10.4. The van der Waals surface area contributed by atoms with Crippen LogP contribution in [0.15, 0.2) is 145 Å². The average molecular weight is 613 g/mol. The molecule has 0 aromatic heterocycles. The summed E-state index contributed by atoms with van der Waals surface area (Å²) in [6.45, 7) is 0. The lowest BCUT2D eigenvalue weighted by atomic mass is 9.74. The normalized spacial score (nSPS) is 14.3. The van der Waals surface area contributed by atoms with Gasteiger partial charge in [0, 0.05) is 5.54 Å². The summed E-state index contributed by atoms with van der Waals surface area (Å²) in [4.78, 5) is 0. The maximum absolute atomic E-state index is 5.78. The van der Waals surface area contributed by atoms with Gasteiger partial charge in [0.25, 0.3) is 9.76 Å². The standard InChI is InChI=1S/C37H24O2Si4/c40-38-42-36-29-23-13-22-28-30(24-14-5-1-6-15-24)31(25-16-7-2-8-17-25)32(26-18-9-3-10-19-26)35(34(28)29)33(37(36)43-39-41)27-20-11-4-12-21-27/h1-23,36H. The number of benzene rings is 6. The Hall–Kier alpha value is -3.89. The van der Waals surface area contributed by atoms with Crippen LogP contribution in [0.25, 0.3) is 49.7 Å². The molecular weight excluding hydrogens is 589 g/mol. The van der Waals surface area contributed by atoms with Gasteiger partial charge in [0.1, 0.15) is 0 Å². The molecule has 1 unspecified atom stereocenters. The minimum atomic E-state index is 0.0217. The molecule has 0 aliphatic heterocycles. The van der Waals surface area contributed by atoms with Crippen molar-refractivity contribution in [2.75, 3.05) is 0 Å². The summed E-state index contributed by atoms with van der Waals surface area (Å²) in [6.07, 6.45) is 0. The van der Waals surface area contributed by atoms with Crippen molar-refractivity contribution in [3.8, 4) is 33.4 Å². The fourth-order valence-electron chi connectivity index (χ4n) is 6.43. The predicted molar refractivity (Wildman–Crippen MR) is 181 cm³/mol. The molecule has 0 spiro atoms. The van der Waals surface area contributed by atoms with Crippen LogP contribution in [0, 0.1) is 0 Å². The van der Waals surface area contributed by atoms with E-state index in [-0.39, 0.29) is 25.1 Å². The van der Waals surface area contributed by atoms with Crippen LogP contribution < -0.4 is 0 Å². The molecule has 0 fully saturated rings. The highest BCUT2D eigenvalue weighted by molar-refractivity contribution is 6.52. The Labute approximate surface area is 264 Å². The summed E-state index contributed by atoms with van der Waals surface area (Å²) in [5.41, 5.74) is 12.1. The maximum atomic E-state index is 5.78. The molecule has 43 heavy (non-hydrogen) atoms. The molecule has 6 heteroatoms. The Bertz CT molecular complexity index is 1930. The van der Waals surface area contributed by atoms with Crippen LogP contribution >= 0.6 is 0 Å². The van der Waals surface area contributed by atoms with E-state index in [2.05, 4.69) is 160 Å². The van der Waals surface area contributed by atoms with E-state index in [0.29, 0.717) is 0 Å². The van der Waals surface area contributed by atoms with Crippen LogP contribution in [0.3, 0.4) is 0 Å². The molecule has 2 nitrogen and oxygen atoms in total. The van der Waals surface area contributed by atoms with Crippen molar-refractivity contribution in [1.82, 2.24) is 0 Å². The molecule has 0 saturated carbocycles. The molecule has 1 atom stereocenters. The monoisotopic (exact) mass is 612 g/mol. The van der Waals surface area contributed by atoms with Crippen molar-refractivity contribution in [1.29, 1.82) is 0 Å². The summed E-state index contributed by atoms with van der Waals surface area (Å²) in [6, 6.07) is 49.9. The van der Waals surface area contributed by atoms with Gasteiger partial charge in [-0.3, -0.25) is 0 Å². The molecule has 6 aromatic carbocycles. The first-order valence-electron chi connectivity index (χ1n) is 14.1. The van der Waals surface area contributed by atoms with E-state index in [0.717, 1.165) is 5.56 Å².